The van der Waals surface area contributed by atoms with Gasteiger partial charge in [0.2, 0.25) is 0 Å². The maximum Gasteiger partial charge on any atom is 0.294 e. The van der Waals surface area contributed by atoms with E-state index in [4.69, 9.17) is 4.74 Å². The molecule has 132 valence electrons. The monoisotopic (exact) mass is 342 g/mol. The van der Waals surface area contributed by atoms with E-state index in [2.05, 4.69) is 28.1 Å². The number of nitrogens with zero attached hydrogens (tertiary/aromatic N) is 3. The molecule has 1 saturated heterocycles. The van der Waals surface area contributed by atoms with Gasteiger partial charge in [0.25, 0.3) is 5.69 Å². The molecule has 1 aromatic heterocycles. The summed E-state index contributed by atoms with van der Waals surface area (Å²) in [6, 6.07) is 8.51. The third-order valence-electron chi connectivity index (χ3n) is 4.51. The van der Waals surface area contributed by atoms with E-state index in [0.29, 0.717) is 5.69 Å². The molecule has 0 amide bonds. The van der Waals surface area contributed by atoms with Gasteiger partial charge in [-0.15, -0.1) is 0 Å². The number of aromatic nitrogens is 1. The first-order valence-corrected chi connectivity index (χ1v) is 8.37. The largest absolute Gasteiger partial charge is 0.376 e. The third-order valence-corrected chi connectivity index (χ3v) is 4.51. The van der Waals surface area contributed by atoms with Crippen LogP contribution in [0.5, 0.6) is 0 Å². The van der Waals surface area contributed by atoms with Crippen LogP contribution in [0.4, 0.5) is 11.4 Å². The van der Waals surface area contributed by atoms with E-state index in [1.54, 1.807) is 24.4 Å². The van der Waals surface area contributed by atoms with Crippen LogP contribution in [0, 0.1) is 24.0 Å². The molecule has 0 aliphatic carbocycles. The van der Waals surface area contributed by atoms with Crippen LogP contribution in [0.2, 0.25) is 0 Å². The standard InChI is InChI=1S/C18H22N4O3/c1-13-10-15(14(2)21(13)12-16-6-5-9-25-16)11-19-20-17-7-3-4-8-18(17)22(23)24/h3-4,7-8,10-11,16,20H,5-6,9,12H2,1-2H3/b19-11-/t16-/m1/s1. The van der Waals surface area contributed by atoms with E-state index in [9.17, 15) is 10.1 Å². The Hall–Kier alpha value is -2.67. The number of aryl methyl sites for hydroxylation is 1. The molecule has 7 nitrogen and oxygen atoms in total. The molecular weight excluding hydrogens is 320 g/mol. The molecule has 2 aromatic rings. The number of hydrazone groups is 1. The van der Waals surface area contributed by atoms with E-state index in [-0.39, 0.29) is 11.8 Å². The molecule has 0 saturated carbocycles. The summed E-state index contributed by atoms with van der Waals surface area (Å²) in [7, 11) is 0. The van der Waals surface area contributed by atoms with Crippen LogP contribution in [-0.4, -0.2) is 28.4 Å². The number of nitro groups is 1. The summed E-state index contributed by atoms with van der Waals surface area (Å²) in [6.07, 6.45) is 4.20. The van der Waals surface area contributed by atoms with Crippen molar-refractivity contribution in [1.82, 2.24) is 4.57 Å². The van der Waals surface area contributed by atoms with Crippen LogP contribution in [0.3, 0.4) is 0 Å². The number of benzene rings is 1. The van der Waals surface area contributed by atoms with Gasteiger partial charge < -0.3 is 9.30 Å². The number of nitro benzene ring substituents is 1. The minimum atomic E-state index is -0.425. The Morgan fingerprint density at radius 2 is 2.24 bits per heavy atom. The van der Waals surface area contributed by atoms with Crippen LogP contribution < -0.4 is 5.43 Å². The zero-order chi connectivity index (χ0) is 17.8. The Balaban J connectivity index is 1.73. The third kappa shape index (κ3) is 3.88. The first kappa shape index (κ1) is 17.2. The number of hydrogen-bond donors (Lipinski definition) is 1. The second-order valence-corrected chi connectivity index (χ2v) is 6.22. The number of nitrogens with one attached hydrogen (secondary N) is 1. The minimum Gasteiger partial charge on any atom is -0.376 e. The summed E-state index contributed by atoms with van der Waals surface area (Å²) >= 11 is 0. The van der Waals surface area contributed by atoms with Gasteiger partial charge in [0.05, 0.1) is 17.2 Å². The van der Waals surface area contributed by atoms with E-state index < -0.39 is 4.92 Å². The lowest BCUT2D eigenvalue weighted by Gasteiger charge is -2.14. The Morgan fingerprint density at radius 1 is 1.44 bits per heavy atom. The van der Waals surface area contributed by atoms with Crippen molar-refractivity contribution in [2.75, 3.05) is 12.0 Å². The van der Waals surface area contributed by atoms with Crippen molar-refractivity contribution >= 4 is 17.6 Å². The fraction of sp³-hybridized carbons (Fsp3) is 0.389. The molecule has 1 aromatic carbocycles. The van der Waals surface area contributed by atoms with Crippen molar-refractivity contribution in [1.29, 1.82) is 0 Å². The molecule has 1 N–H and O–H groups in total. The SMILES string of the molecule is Cc1cc(/C=N\Nc2ccccc2[N+](=O)[O-])c(C)n1C[C@H]1CCCO1. The Morgan fingerprint density at radius 3 is 2.96 bits per heavy atom. The van der Waals surface area contributed by atoms with Crippen LogP contribution in [0.15, 0.2) is 35.4 Å². The minimum absolute atomic E-state index is 0.00325. The maximum atomic E-state index is 11.0. The normalized spacial score (nSPS) is 17.3. The zero-order valence-electron chi connectivity index (χ0n) is 14.4. The Labute approximate surface area is 146 Å². The summed E-state index contributed by atoms with van der Waals surface area (Å²) < 4.78 is 7.96. The Kier molecular flexibility index (Phi) is 5.14. The number of para-hydroxylation sites is 2. The lowest BCUT2D eigenvalue weighted by atomic mass is 10.2. The Bertz CT molecular complexity index is 792. The first-order chi connectivity index (χ1) is 12.1. The fourth-order valence-electron chi connectivity index (χ4n) is 3.13. The van der Waals surface area contributed by atoms with Gasteiger partial charge in [-0.3, -0.25) is 15.5 Å². The highest BCUT2D eigenvalue weighted by Gasteiger charge is 2.18. The molecule has 0 unspecified atom stereocenters. The highest BCUT2D eigenvalue weighted by atomic mass is 16.6. The first-order valence-electron chi connectivity index (χ1n) is 8.37. The molecule has 2 heterocycles. The van der Waals surface area contributed by atoms with E-state index in [1.807, 2.05) is 6.92 Å². The van der Waals surface area contributed by atoms with E-state index in [0.717, 1.165) is 42.9 Å². The van der Waals surface area contributed by atoms with Gasteiger partial charge in [-0.1, -0.05) is 12.1 Å². The van der Waals surface area contributed by atoms with Crippen LogP contribution in [0.25, 0.3) is 0 Å². The van der Waals surface area contributed by atoms with Crippen molar-refractivity contribution in [3.63, 3.8) is 0 Å². The van der Waals surface area contributed by atoms with Gasteiger partial charge in [-0.25, -0.2) is 0 Å². The highest BCUT2D eigenvalue weighted by molar-refractivity contribution is 5.82. The zero-order valence-corrected chi connectivity index (χ0v) is 14.4. The van der Waals surface area contributed by atoms with Gasteiger partial charge in [0.15, 0.2) is 0 Å². The summed E-state index contributed by atoms with van der Waals surface area (Å²) in [5.74, 6) is 0. The van der Waals surface area contributed by atoms with Gasteiger partial charge in [0.1, 0.15) is 5.69 Å². The van der Waals surface area contributed by atoms with E-state index in [1.165, 1.54) is 6.07 Å². The number of hydrogen-bond acceptors (Lipinski definition) is 5. The number of ether oxygens (including phenoxy) is 1. The summed E-state index contributed by atoms with van der Waals surface area (Å²) in [5, 5.41) is 15.2. The van der Waals surface area contributed by atoms with Crippen LogP contribution >= 0.6 is 0 Å². The maximum absolute atomic E-state index is 11.0. The summed E-state index contributed by atoms with van der Waals surface area (Å²) in [4.78, 5) is 10.6. The van der Waals surface area contributed by atoms with Gasteiger partial charge in [-0.05, 0) is 38.8 Å². The fourth-order valence-corrected chi connectivity index (χ4v) is 3.13. The van der Waals surface area contributed by atoms with Crippen molar-refractivity contribution in [2.24, 2.45) is 5.10 Å². The molecule has 1 aliphatic heterocycles. The molecule has 1 aliphatic rings. The lowest BCUT2D eigenvalue weighted by molar-refractivity contribution is -0.384. The van der Waals surface area contributed by atoms with Gasteiger partial charge in [0, 0.05) is 36.2 Å². The highest BCUT2D eigenvalue weighted by Crippen LogP contribution is 2.23. The number of rotatable bonds is 6. The summed E-state index contributed by atoms with van der Waals surface area (Å²) in [6.45, 7) is 5.81. The van der Waals surface area contributed by atoms with Crippen molar-refractivity contribution < 1.29 is 9.66 Å². The van der Waals surface area contributed by atoms with Crippen LogP contribution in [0.1, 0.15) is 29.8 Å². The molecule has 25 heavy (non-hydrogen) atoms. The molecule has 3 rings (SSSR count). The molecule has 1 atom stereocenters. The number of anilines is 1. The second kappa shape index (κ2) is 7.48. The molecule has 1 fully saturated rings. The predicted molar refractivity (Wildman–Crippen MR) is 97.2 cm³/mol. The molecular formula is C18H22N4O3. The molecule has 0 spiro atoms. The smallest absolute Gasteiger partial charge is 0.294 e. The average Bonchev–Trinajstić information content (AvgIpc) is 3.19. The van der Waals surface area contributed by atoms with E-state index >= 15 is 0 Å². The molecule has 7 heteroatoms. The van der Waals surface area contributed by atoms with Crippen molar-refractivity contribution in [2.45, 2.75) is 39.3 Å². The van der Waals surface area contributed by atoms with Crippen molar-refractivity contribution in [3.8, 4) is 0 Å². The predicted octanol–water partition coefficient (Wildman–Crippen LogP) is 3.64. The average molecular weight is 342 g/mol. The molecule has 0 radical (unpaired) electrons. The quantitative estimate of drug-likeness (QED) is 0.494. The van der Waals surface area contributed by atoms with Crippen molar-refractivity contribution in [3.05, 3.63) is 57.4 Å². The summed E-state index contributed by atoms with van der Waals surface area (Å²) in [5.41, 5.74) is 6.39. The molecule has 0 bridgehead atoms. The second-order valence-electron chi connectivity index (χ2n) is 6.22. The lowest BCUT2D eigenvalue weighted by Crippen LogP contribution is -2.16. The van der Waals surface area contributed by atoms with Gasteiger partial charge in [-0.2, -0.15) is 5.10 Å². The van der Waals surface area contributed by atoms with Crippen LogP contribution in [-0.2, 0) is 11.3 Å². The topological polar surface area (TPSA) is 81.7 Å². The van der Waals surface area contributed by atoms with Gasteiger partial charge >= 0.3 is 0 Å².